The lowest BCUT2D eigenvalue weighted by Crippen LogP contribution is -2.37. The molecule has 1 heterocycles. The lowest BCUT2D eigenvalue weighted by molar-refractivity contribution is 0.692. The maximum absolute atomic E-state index is 11.8. The molecule has 0 fully saturated rings. The van der Waals surface area contributed by atoms with Crippen molar-refractivity contribution in [3.05, 3.63) is 51.2 Å². The van der Waals surface area contributed by atoms with E-state index >= 15 is 0 Å². The first-order chi connectivity index (χ1) is 8.02. The molecule has 2 N–H and O–H groups in total. The van der Waals surface area contributed by atoms with E-state index in [1.54, 1.807) is 25.2 Å². The van der Waals surface area contributed by atoms with E-state index in [-0.39, 0.29) is 11.2 Å². The summed E-state index contributed by atoms with van der Waals surface area (Å²) in [6, 6.07) is 8.54. The van der Waals surface area contributed by atoms with Gasteiger partial charge in [0.1, 0.15) is 0 Å². The molecule has 0 spiro atoms. The fraction of sp³-hybridized carbons (Fsp3) is 0.167. The average molecular weight is 231 g/mol. The van der Waals surface area contributed by atoms with Crippen LogP contribution in [0.1, 0.15) is 0 Å². The van der Waals surface area contributed by atoms with Crippen LogP contribution >= 0.6 is 0 Å². The Morgan fingerprint density at radius 3 is 2.35 bits per heavy atom. The number of hydrogen-bond donors (Lipinski definition) is 1. The van der Waals surface area contributed by atoms with Crippen LogP contribution < -0.4 is 17.0 Å². The number of aromatic nitrogens is 2. The van der Waals surface area contributed by atoms with Gasteiger partial charge in [0.05, 0.1) is 5.69 Å². The van der Waals surface area contributed by atoms with Gasteiger partial charge in [-0.05, 0) is 6.07 Å². The smallest absolute Gasteiger partial charge is 0.330 e. The van der Waals surface area contributed by atoms with Gasteiger partial charge in [-0.25, -0.2) is 4.79 Å². The Morgan fingerprint density at radius 2 is 1.71 bits per heavy atom. The second-order valence-electron chi connectivity index (χ2n) is 3.86. The van der Waals surface area contributed by atoms with Crippen molar-refractivity contribution in [3.8, 4) is 11.3 Å². The van der Waals surface area contributed by atoms with E-state index in [2.05, 4.69) is 0 Å². The first-order valence-electron chi connectivity index (χ1n) is 5.14. The van der Waals surface area contributed by atoms with Crippen molar-refractivity contribution in [1.82, 2.24) is 9.13 Å². The number of nitrogens with zero attached hydrogens (tertiary/aromatic N) is 2. The van der Waals surface area contributed by atoms with Crippen molar-refractivity contribution in [2.45, 2.75) is 0 Å². The van der Waals surface area contributed by atoms with Crippen LogP contribution in [0.25, 0.3) is 11.3 Å². The molecule has 0 aliphatic carbocycles. The van der Waals surface area contributed by atoms with Crippen LogP contribution in [0.4, 0.5) is 5.69 Å². The highest BCUT2D eigenvalue weighted by atomic mass is 16.2. The van der Waals surface area contributed by atoms with Gasteiger partial charge in [-0.1, -0.05) is 18.2 Å². The quantitative estimate of drug-likeness (QED) is 0.719. The fourth-order valence-corrected chi connectivity index (χ4v) is 1.72. The Labute approximate surface area is 97.7 Å². The molecule has 0 radical (unpaired) electrons. The number of benzene rings is 1. The lowest BCUT2D eigenvalue weighted by atomic mass is 10.1. The molecule has 5 heteroatoms. The zero-order chi connectivity index (χ0) is 12.6. The third kappa shape index (κ3) is 1.75. The normalized spacial score (nSPS) is 10.5. The van der Waals surface area contributed by atoms with Crippen molar-refractivity contribution >= 4 is 5.69 Å². The van der Waals surface area contributed by atoms with Crippen molar-refractivity contribution in [1.29, 1.82) is 0 Å². The predicted octanol–water partition coefficient (Wildman–Crippen LogP) is 0.333. The number of anilines is 1. The fourth-order valence-electron chi connectivity index (χ4n) is 1.72. The van der Waals surface area contributed by atoms with E-state index in [9.17, 15) is 9.59 Å². The monoisotopic (exact) mass is 231 g/mol. The summed E-state index contributed by atoms with van der Waals surface area (Å²) in [5.41, 5.74) is 6.88. The van der Waals surface area contributed by atoms with Gasteiger partial charge in [0, 0.05) is 31.4 Å². The molecular formula is C12H13N3O2. The zero-order valence-electron chi connectivity index (χ0n) is 9.68. The van der Waals surface area contributed by atoms with Gasteiger partial charge in [-0.3, -0.25) is 13.9 Å². The number of rotatable bonds is 1. The summed E-state index contributed by atoms with van der Waals surface area (Å²) < 4.78 is 2.47. The Balaban J connectivity index is 2.83. The van der Waals surface area contributed by atoms with Crippen molar-refractivity contribution < 1.29 is 0 Å². The highest BCUT2D eigenvalue weighted by Crippen LogP contribution is 2.22. The summed E-state index contributed by atoms with van der Waals surface area (Å²) >= 11 is 0. The van der Waals surface area contributed by atoms with Crippen LogP contribution in [-0.4, -0.2) is 9.13 Å². The number of nitrogen functional groups attached to an aromatic ring is 1. The molecular weight excluding hydrogens is 218 g/mol. The van der Waals surface area contributed by atoms with E-state index in [0.29, 0.717) is 16.9 Å². The van der Waals surface area contributed by atoms with Gasteiger partial charge >= 0.3 is 5.69 Å². The van der Waals surface area contributed by atoms with E-state index in [0.717, 1.165) is 4.57 Å². The van der Waals surface area contributed by atoms with E-state index in [4.69, 9.17) is 5.73 Å². The highest BCUT2D eigenvalue weighted by Gasteiger charge is 2.09. The molecule has 0 aliphatic heterocycles. The maximum atomic E-state index is 11.8. The third-order valence-electron chi connectivity index (χ3n) is 2.76. The molecule has 5 nitrogen and oxygen atoms in total. The minimum absolute atomic E-state index is 0.341. The number of hydrogen-bond acceptors (Lipinski definition) is 3. The van der Waals surface area contributed by atoms with Crippen LogP contribution in [0.5, 0.6) is 0 Å². The summed E-state index contributed by atoms with van der Waals surface area (Å²) in [5.74, 6) is 0. The maximum Gasteiger partial charge on any atom is 0.330 e. The topological polar surface area (TPSA) is 70.0 Å². The van der Waals surface area contributed by atoms with Gasteiger partial charge in [0.25, 0.3) is 5.56 Å². The summed E-state index contributed by atoms with van der Waals surface area (Å²) in [6.07, 6.45) is 0. The molecule has 1 aromatic carbocycles. The van der Waals surface area contributed by atoms with Crippen LogP contribution in [0.3, 0.4) is 0 Å². The Bertz CT molecular complexity index is 683. The van der Waals surface area contributed by atoms with Crippen LogP contribution in [0, 0.1) is 0 Å². The Hall–Kier alpha value is -2.30. The van der Waals surface area contributed by atoms with Crippen molar-refractivity contribution in [3.63, 3.8) is 0 Å². The molecule has 2 aromatic rings. The van der Waals surface area contributed by atoms with Crippen molar-refractivity contribution in [2.24, 2.45) is 14.1 Å². The molecule has 0 atom stereocenters. The van der Waals surface area contributed by atoms with Crippen molar-refractivity contribution in [2.75, 3.05) is 5.73 Å². The Morgan fingerprint density at radius 1 is 1.06 bits per heavy atom. The molecule has 0 amide bonds. The highest BCUT2D eigenvalue weighted by molar-refractivity contribution is 5.73. The average Bonchev–Trinajstić information content (AvgIpc) is 2.32. The largest absolute Gasteiger partial charge is 0.398 e. The van der Waals surface area contributed by atoms with E-state index < -0.39 is 0 Å². The summed E-state index contributed by atoms with van der Waals surface area (Å²) in [4.78, 5) is 23.4. The van der Waals surface area contributed by atoms with Gasteiger partial charge in [0.2, 0.25) is 0 Å². The molecule has 88 valence electrons. The zero-order valence-corrected chi connectivity index (χ0v) is 9.68. The van der Waals surface area contributed by atoms with Gasteiger partial charge in [-0.15, -0.1) is 0 Å². The minimum atomic E-state index is -0.365. The SMILES string of the molecule is Cn1c(-c2ccccc2N)cc(=O)n(C)c1=O. The molecule has 17 heavy (non-hydrogen) atoms. The van der Waals surface area contributed by atoms with Crippen LogP contribution in [-0.2, 0) is 14.1 Å². The molecule has 0 bridgehead atoms. The standard InChI is InChI=1S/C12H13N3O2/c1-14-10(7-11(16)15(2)12(14)17)8-5-3-4-6-9(8)13/h3-7H,13H2,1-2H3. The van der Waals surface area contributed by atoms with Gasteiger partial charge in [0.15, 0.2) is 0 Å². The van der Waals surface area contributed by atoms with E-state index in [1.807, 2.05) is 6.07 Å². The first-order valence-corrected chi connectivity index (χ1v) is 5.14. The number of nitrogens with two attached hydrogens (primary N) is 1. The third-order valence-corrected chi connectivity index (χ3v) is 2.76. The van der Waals surface area contributed by atoms with Crippen LogP contribution in [0.15, 0.2) is 39.9 Å². The summed E-state index contributed by atoms with van der Waals surface area (Å²) in [6.45, 7) is 0. The first kappa shape index (κ1) is 11.2. The predicted molar refractivity (Wildman–Crippen MR) is 66.8 cm³/mol. The summed E-state index contributed by atoms with van der Waals surface area (Å²) in [7, 11) is 3.06. The summed E-state index contributed by atoms with van der Waals surface area (Å²) in [5, 5.41) is 0. The number of para-hydroxylation sites is 1. The molecule has 0 aliphatic rings. The molecule has 0 unspecified atom stereocenters. The second kappa shape index (κ2) is 3.93. The minimum Gasteiger partial charge on any atom is -0.398 e. The lowest BCUT2D eigenvalue weighted by Gasteiger charge is -2.11. The molecule has 1 aromatic heterocycles. The Kier molecular flexibility index (Phi) is 2.59. The second-order valence-corrected chi connectivity index (χ2v) is 3.86. The molecule has 2 rings (SSSR count). The molecule has 0 saturated heterocycles. The van der Waals surface area contributed by atoms with Crippen LogP contribution in [0.2, 0.25) is 0 Å². The van der Waals surface area contributed by atoms with Gasteiger partial charge < -0.3 is 5.73 Å². The van der Waals surface area contributed by atoms with Gasteiger partial charge in [-0.2, -0.15) is 0 Å². The molecule has 0 saturated carbocycles. The van der Waals surface area contributed by atoms with E-state index in [1.165, 1.54) is 17.7 Å².